The molecule has 0 aromatic heterocycles. The first kappa shape index (κ1) is 13.5. The molecule has 2 N–H and O–H groups in total. The van der Waals surface area contributed by atoms with E-state index in [0.717, 1.165) is 19.3 Å². The maximum Gasteiger partial charge on any atom is 0.329 e. The summed E-state index contributed by atoms with van der Waals surface area (Å²) in [6.45, 7) is 3.02. The van der Waals surface area contributed by atoms with Gasteiger partial charge in [-0.25, -0.2) is 9.59 Å². The van der Waals surface area contributed by atoms with Gasteiger partial charge in [0.2, 0.25) is 0 Å². The Morgan fingerprint density at radius 2 is 2.06 bits per heavy atom. The molecule has 1 aliphatic carbocycles. The number of aliphatic carboxylic acids is 1. The van der Waals surface area contributed by atoms with Crippen LogP contribution in [0, 0.1) is 0 Å². The van der Waals surface area contributed by atoms with E-state index in [1.54, 1.807) is 0 Å². The third-order valence-corrected chi connectivity index (χ3v) is 3.26. The second kappa shape index (κ2) is 5.21. The molecule has 1 aliphatic rings. The van der Waals surface area contributed by atoms with Crippen molar-refractivity contribution in [1.29, 1.82) is 0 Å². The number of rotatable bonds is 3. The molecular weight excluding hydrogens is 220 g/mol. The van der Waals surface area contributed by atoms with Crippen molar-refractivity contribution >= 4 is 12.0 Å². The predicted octanol–water partition coefficient (Wildman–Crippen LogP) is 1.60. The van der Waals surface area contributed by atoms with E-state index in [9.17, 15) is 9.59 Å². The molecule has 0 heterocycles. The SMILES string of the molecule is CN(C(=O)NC1CC=CCC1)C(C)(C)C(=O)O. The number of carboxylic acid groups (broad SMARTS) is 1. The first-order valence-corrected chi connectivity index (χ1v) is 5.78. The van der Waals surface area contributed by atoms with E-state index in [4.69, 9.17) is 5.11 Å². The zero-order valence-electron chi connectivity index (χ0n) is 10.6. The monoisotopic (exact) mass is 240 g/mol. The Balaban J connectivity index is 2.58. The number of allylic oxidation sites excluding steroid dienone is 1. The van der Waals surface area contributed by atoms with Crippen LogP contribution in [-0.2, 0) is 4.79 Å². The minimum absolute atomic E-state index is 0.111. The highest BCUT2D eigenvalue weighted by Gasteiger charge is 2.35. The smallest absolute Gasteiger partial charge is 0.329 e. The summed E-state index contributed by atoms with van der Waals surface area (Å²) >= 11 is 0. The number of nitrogens with one attached hydrogen (secondary N) is 1. The Labute approximate surface area is 101 Å². The van der Waals surface area contributed by atoms with Crippen LogP contribution < -0.4 is 5.32 Å². The van der Waals surface area contributed by atoms with E-state index in [1.807, 2.05) is 6.08 Å². The second-order valence-electron chi connectivity index (χ2n) is 4.85. The largest absolute Gasteiger partial charge is 0.480 e. The Morgan fingerprint density at radius 1 is 1.41 bits per heavy atom. The number of hydrogen-bond donors (Lipinski definition) is 2. The minimum Gasteiger partial charge on any atom is -0.480 e. The van der Waals surface area contributed by atoms with Crippen molar-refractivity contribution in [2.75, 3.05) is 7.05 Å². The van der Waals surface area contributed by atoms with Crippen LogP contribution >= 0.6 is 0 Å². The molecule has 0 bridgehead atoms. The maximum atomic E-state index is 11.9. The molecule has 2 amide bonds. The van der Waals surface area contributed by atoms with Gasteiger partial charge in [-0.15, -0.1) is 0 Å². The molecule has 0 aromatic rings. The van der Waals surface area contributed by atoms with E-state index < -0.39 is 11.5 Å². The van der Waals surface area contributed by atoms with Gasteiger partial charge in [-0.05, 0) is 33.1 Å². The summed E-state index contributed by atoms with van der Waals surface area (Å²) in [5, 5.41) is 11.9. The average molecular weight is 240 g/mol. The molecule has 0 aromatic carbocycles. The van der Waals surface area contributed by atoms with Gasteiger partial charge in [-0.3, -0.25) is 0 Å². The van der Waals surface area contributed by atoms with Gasteiger partial charge in [-0.1, -0.05) is 12.2 Å². The van der Waals surface area contributed by atoms with Gasteiger partial charge in [-0.2, -0.15) is 0 Å². The Bertz CT molecular complexity index is 337. The summed E-state index contributed by atoms with van der Waals surface area (Å²) in [4.78, 5) is 24.1. The van der Waals surface area contributed by atoms with Crippen molar-refractivity contribution in [2.45, 2.75) is 44.7 Å². The van der Waals surface area contributed by atoms with Crippen molar-refractivity contribution in [1.82, 2.24) is 10.2 Å². The zero-order valence-corrected chi connectivity index (χ0v) is 10.6. The average Bonchev–Trinajstić information content (AvgIpc) is 2.29. The van der Waals surface area contributed by atoms with Gasteiger partial charge in [0, 0.05) is 13.1 Å². The lowest BCUT2D eigenvalue weighted by Crippen LogP contribution is -2.55. The fraction of sp³-hybridized carbons (Fsp3) is 0.667. The molecule has 1 rings (SSSR count). The highest BCUT2D eigenvalue weighted by atomic mass is 16.4. The molecule has 0 radical (unpaired) electrons. The minimum atomic E-state index is -1.20. The van der Waals surface area contributed by atoms with Crippen LogP contribution in [0.4, 0.5) is 4.79 Å². The first-order valence-electron chi connectivity index (χ1n) is 5.78. The molecule has 0 aliphatic heterocycles. The molecule has 5 nitrogen and oxygen atoms in total. The fourth-order valence-corrected chi connectivity index (χ4v) is 1.59. The summed E-state index contributed by atoms with van der Waals surface area (Å²) < 4.78 is 0. The van der Waals surface area contributed by atoms with Crippen molar-refractivity contribution in [3.63, 3.8) is 0 Å². The van der Waals surface area contributed by atoms with E-state index in [-0.39, 0.29) is 12.1 Å². The number of carbonyl (C=O) groups is 2. The van der Waals surface area contributed by atoms with Crippen LogP contribution in [0.3, 0.4) is 0 Å². The van der Waals surface area contributed by atoms with Gasteiger partial charge in [0.25, 0.3) is 0 Å². The van der Waals surface area contributed by atoms with Crippen molar-refractivity contribution in [2.24, 2.45) is 0 Å². The van der Waals surface area contributed by atoms with Crippen LogP contribution in [0.25, 0.3) is 0 Å². The number of urea groups is 1. The highest BCUT2D eigenvalue weighted by Crippen LogP contribution is 2.15. The quantitative estimate of drug-likeness (QED) is 0.736. The van der Waals surface area contributed by atoms with Crippen molar-refractivity contribution in [3.05, 3.63) is 12.2 Å². The van der Waals surface area contributed by atoms with E-state index in [1.165, 1.54) is 25.8 Å². The number of amides is 2. The zero-order chi connectivity index (χ0) is 13.1. The topological polar surface area (TPSA) is 69.6 Å². The van der Waals surface area contributed by atoms with Gasteiger partial charge < -0.3 is 15.3 Å². The third kappa shape index (κ3) is 3.22. The predicted molar refractivity (Wildman–Crippen MR) is 64.8 cm³/mol. The van der Waals surface area contributed by atoms with Gasteiger partial charge in [0.05, 0.1) is 0 Å². The Hall–Kier alpha value is -1.52. The molecule has 1 atom stereocenters. The lowest BCUT2D eigenvalue weighted by atomic mass is 10.0. The third-order valence-electron chi connectivity index (χ3n) is 3.26. The molecule has 0 saturated carbocycles. The van der Waals surface area contributed by atoms with Gasteiger partial charge in [0.15, 0.2) is 0 Å². The lowest BCUT2D eigenvalue weighted by molar-refractivity contribution is -0.146. The summed E-state index contributed by atoms with van der Waals surface area (Å²) in [5.74, 6) is -1.02. The Kier molecular flexibility index (Phi) is 4.15. The molecular formula is C12H20N2O3. The normalized spacial score (nSPS) is 19.8. The van der Waals surface area contributed by atoms with Crippen LogP contribution in [0.1, 0.15) is 33.1 Å². The van der Waals surface area contributed by atoms with Gasteiger partial charge in [0.1, 0.15) is 5.54 Å². The summed E-state index contributed by atoms with van der Waals surface area (Å²) in [7, 11) is 1.50. The maximum absolute atomic E-state index is 11.9. The van der Waals surface area contributed by atoms with E-state index in [2.05, 4.69) is 11.4 Å². The van der Waals surface area contributed by atoms with Crippen LogP contribution in [0.5, 0.6) is 0 Å². The van der Waals surface area contributed by atoms with Gasteiger partial charge >= 0.3 is 12.0 Å². The first-order chi connectivity index (χ1) is 7.85. The number of nitrogens with zero attached hydrogens (tertiary/aromatic N) is 1. The number of carbonyl (C=O) groups excluding carboxylic acids is 1. The number of carboxylic acids is 1. The second-order valence-corrected chi connectivity index (χ2v) is 4.85. The molecule has 0 spiro atoms. The lowest BCUT2D eigenvalue weighted by Gasteiger charge is -2.33. The molecule has 17 heavy (non-hydrogen) atoms. The van der Waals surface area contributed by atoms with E-state index >= 15 is 0 Å². The summed E-state index contributed by atoms with van der Waals surface area (Å²) in [5.41, 5.74) is -1.20. The Morgan fingerprint density at radius 3 is 2.53 bits per heavy atom. The van der Waals surface area contributed by atoms with Crippen LogP contribution in [0.15, 0.2) is 12.2 Å². The summed E-state index contributed by atoms with van der Waals surface area (Å²) in [6.07, 6.45) is 6.80. The highest BCUT2D eigenvalue weighted by molar-refractivity contribution is 5.85. The summed E-state index contributed by atoms with van der Waals surface area (Å²) in [6, 6.07) is -0.225. The van der Waals surface area contributed by atoms with Crippen molar-refractivity contribution in [3.8, 4) is 0 Å². The molecule has 5 heteroatoms. The van der Waals surface area contributed by atoms with Crippen molar-refractivity contribution < 1.29 is 14.7 Å². The molecule has 0 fully saturated rings. The number of likely N-dealkylation sites (N-methyl/N-ethyl adjacent to an activating group) is 1. The molecule has 0 saturated heterocycles. The number of hydrogen-bond acceptors (Lipinski definition) is 2. The van der Waals surface area contributed by atoms with E-state index in [0.29, 0.717) is 0 Å². The van der Waals surface area contributed by atoms with Crippen LogP contribution in [-0.4, -0.2) is 40.6 Å². The standard InChI is InChI=1S/C12H20N2O3/c1-12(2,10(15)16)14(3)11(17)13-9-7-5-4-6-8-9/h4-5,9H,6-8H2,1-3H3,(H,13,17)(H,15,16). The fourth-order valence-electron chi connectivity index (χ4n) is 1.59. The molecule has 96 valence electrons. The van der Waals surface area contributed by atoms with Crippen LogP contribution in [0.2, 0.25) is 0 Å². The molecule has 1 unspecified atom stereocenters.